The average Bonchev–Trinajstić information content (AvgIpc) is 3.23. The standard InChI is InChI=1S/C21H28N4O3S/c1-17-7-9-19(10-8-17)29(27,28)24-13-5-12-23-21(26)20(25-14-2-3-15-25)18-6-4-11-22-16-18/h4,6-11,16,20,24H,2-3,5,12-15H2,1H3,(H,23,26). The van der Waals surface area contributed by atoms with Crippen LogP contribution < -0.4 is 10.0 Å². The molecule has 8 heteroatoms. The Morgan fingerprint density at radius 2 is 1.86 bits per heavy atom. The molecule has 1 aromatic carbocycles. The predicted octanol–water partition coefficient (Wildman–Crippen LogP) is 2.01. The smallest absolute Gasteiger partial charge is 0.242 e. The van der Waals surface area contributed by atoms with Gasteiger partial charge in [-0.2, -0.15) is 0 Å². The maximum absolute atomic E-state index is 12.8. The Hall–Kier alpha value is -2.29. The molecule has 156 valence electrons. The normalized spacial score (nSPS) is 15.9. The van der Waals surface area contributed by atoms with E-state index in [4.69, 9.17) is 0 Å². The number of carbonyl (C=O) groups is 1. The highest BCUT2D eigenvalue weighted by Gasteiger charge is 2.29. The number of aromatic nitrogens is 1. The van der Waals surface area contributed by atoms with E-state index in [0.717, 1.165) is 37.1 Å². The van der Waals surface area contributed by atoms with Crippen molar-refractivity contribution in [2.45, 2.75) is 37.1 Å². The Morgan fingerprint density at radius 3 is 2.52 bits per heavy atom. The first-order valence-corrected chi connectivity index (χ1v) is 11.4. The van der Waals surface area contributed by atoms with Crippen LogP contribution in [0, 0.1) is 6.92 Å². The molecule has 7 nitrogen and oxygen atoms in total. The lowest BCUT2D eigenvalue weighted by Gasteiger charge is -2.26. The molecule has 1 fully saturated rings. The second-order valence-corrected chi connectivity index (χ2v) is 9.05. The summed E-state index contributed by atoms with van der Waals surface area (Å²) < 4.78 is 27.2. The van der Waals surface area contributed by atoms with Gasteiger partial charge in [0.05, 0.1) is 4.90 Å². The SMILES string of the molecule is Cc1ccc(S(=O)(=O)NCCCNC(=O)C(c2cccnc2)N2CCCC2)cc1. The van der Waals surface area contributed by atoms with Gasteiger partial charge in [-0.3, -0.25) is 14.7 Å². The molecule has 0 bridgehead atoms. The lowest BCUT2D eigenvalue weighted by molar-refractivity contribution is -0.126. The van der Waals surface area contributed by atoms with E-state index < -0.39 is 10.0 Å². The zero-order valence-corrected chi connectivity index (χ0v) is 17.5. The number of nitrogens with one attached hydrogen (secondary N) is 2. The highest BCUT2D eigenvalue weighted by Crippen LogP contribution is 2.24. The van der Waals surface area contributed by atoms with Crippen LogP contribution >= 0.6 is 0 Å². The Bertz CT molecular complexity index is 895. The molecule has 1 saturated heterocycles. The Balaban J connectivity index is 1.50. The summed E-state index contributed by atoms with van der Waals surface area (Å²) in [5.41, 5.74) is 1.89. The molecule has 1 aliphatic rings. The van der Waals surface area contributed by atoms with Gasteiger partial charge in [0, 0.05) is 25.5 Å². The van der Waals surface area contributed by atoms with Crippen LogP contribution in [0.15, 0.2) is 53.7 Å². The molecular weight excluding hydrogens is 388 g/mol. The summed E-state index contributed by atoms with van der Waals surface area (Å²) in [6.45, 7) is 4.36. The third-order valence-corrected chi connectivity index (χ3v) is 6.51. The molecule has 1 aliphatic heterocycles. The van der Waals surface area contributed by atoms with Crippen LogP contribution in [-0.2, 0) is 14.8 Å². The quantitative estimate of drug-likeness (QED) is 0.610. The zero-order chi connectivity index (χ0) is 20.7. The van der Waals surface area contributed by atoms with Crippen LogP contribution in [0.1, 0.15) is 36.4 Å². The molecule has 29 heavy (non-hydrogen) atoms. The molecular formula is C21H28N4O3S. The van der Waals surface area contributed by atoms with Gasteiger partial charge in [-0.25, -0.2) is 13.1 Å². The number of hydrogen-bond donors (Lipinski definition) is 2. The van der Waals surface area contributed by atoms with Gasteiger partial charge in [0.25, 0.3) is 0 Å². The second kappa shape index (κ2) is 9.96. The van der Waals surface area contributed by atoms with Crippen molar-refractivity contribution in [3.05, 3.63) is 59.9 Å². The van der Waals surface area contributed by atoms with Crippen molar-refractivity contribution >= 4 is 15.9 Å². The number of likely N-dealkylation sites (tertiary alicyclic amines) is 1. The van der Waals surface area contributed by atoms with E-state index in [0.29, 0.717) is 13.0 Å². The van der Waals surface area contributed by atoms with E-state index in [1.54, 1.807) is 36.7 Å². The number of carbonyl (C=O) groups excluding carboxylic acids is 1. The predicted molar refractivity (Wildman–Crippen MR) is 112 cm³/mol. The first-order valence-electron chi connectivity index (χ1n) is 9.95. The summed E-state index contributed by atoms with van der Waals surface area (Å²) in [5, 5.41) is 2.95. The third-order valence-electron chi connectivity index (χ3n) is 5.03. The Kier molecular flexibility index (Phi) is 7.35. The lowest BCUT2D eigenvalue weighted by Crippen LogP contribution is -2.40. The summed E-state index contributed by atoms with van der Waals surface area (Å²) in [6, 6.07) is 10.1. The topological polar surface area (TPSA) is 91.4 Å². The number of benzene rings is 1. The molecule has 1 amide bonds. The molecule has 0 radical (unpaired) electrons. The number of aryl methyl sites for hydroxylation is 1. The van der Waals surface area contributed by atoms with E-state index in [9.17, 15) is 13.2 Å². The summed E-state index contributed by atoms with van der Waals surface area (Å²) >= 11 is 0. The first-order chi connectivity index (χ1) is 14.0. The maximum atomic E-state index is 12.8. The zero-order valence-electron chi connectivity index (χ0n) is 16.7. The number of nitrogens with zero attached hydrogens (tertiary/aromatic N) is 2. The van der Waals surface area contributed by atoms with Crippen molar-refractivity contribution in [1.82, 2.24) is 19.9 Å². The van der Waals surface area contributed by atoms with Crippen molar-refractivity contribution in [1.29, 1.82) is 0 Å². The fourth-order valence-electron chi connectivity index (χ4n) is 3.47. The van der Waals surface area contributed by atoms with Crippen LogP contribution in [0.5, 0.6) is 0 Å². The van der Waals surface area contributed by atoms with E-state index >= 15 is 0 Å². The van der Waals surface area contributed by atoms with Gasteiger partial charge in [-0.05, 0) is 63.0 Å². The molecule has 1 unspecified atom stereocenters. The van der Waals surface area contributed by atoms with Crippen LogP contribution in [0.2, 0.25) is 0 Å². The van der Waals surface area contributed by atoms with Crippen molar-refractivity contribution in [2.75, 3.05) is 26.2 Å². The number of rotatable bonds is 9. The summed E-state index contributed by atoms with van der Waals surface area (Å²) in [4.78, 5) is 19.4. The third kappa shape index (κ3) is 5.85. The fourth-order valence-corrected chi connectivity index (χ4v) is 4.54. The van der Waals surface area contributed by atoms with Gasteiger partial charge in [-0.1, -0.05) is 23.8 Å². The summed E-state index contributed by atoms with van der Waals surface area (Å²) in [6.07, 6.45) is 6.12. The lowest BCUT2D eigenvalue weighted by atomic mass is 10.1. The van der Waals surface area contributed by atoms with E-state index in [1.807, 2.05) is 19.1 Å². The minimum atomic E-state index is -3.53. The van der Waals surface area contributed by atoms with E-state index in [-0.39, 0.29) is 23.4 Å². The van der Waals surface area contributed by atoms with Crippen LogP contribution in [0.3, 0.4) is 0 Å². The highest BCUT2D eigenvalue weighted by molar-refractivity contribution is 7.89. The van der Waals surface area contributed by atoms with Gasteiger partial charge in [0.1, 0.15) is 6.04 Å². The molecule has 1 atom stereocenters. The molecule has 3 rings (SSSR count). The molecule has 2 aromatic rings. The van der Waals surface area contributed by atoms with E-state index in [1.165, 1.54) is 0 Å². The Morgan fingerprint density at radius 1 is 1.14 bits per heavy atom. The van der Waals surface area contributed by atoms with Crippen molar-refractivity contribution < 1.29 is 13.2 Å². The molecule has 0 spiro atoms. The van der Waals surface area contributed by atoms with Crippen molar-refractivity contribution in [3.63, 3.8) is 0 Å². The molecule has 1 aromatic heterocycles. The number of sulfonamides is 1. The number of pyridine rings is 1. The number of amides is 1. The number of hydrogen-bond acceptors (Lipinski definition) is 5. The van der Waals surface area contributed by atoms with Crippen LogP contribution in [0.4, 0.5) is 0 Å². The minimum absolute atomic E-state index is 0.0682. The van der Waals surface area contributed by atoms with Gasteiger partial charge in [0.15, 0.2) is 0 Å². The largest absolute Gasteiger partial charge is 0.354 e. The van der Waals surface area contributed by atoms with Crippen molar-refractivity contribution in [2.24, 2.45) is 0 Å². The maximum Gasteiger partial charge on any atom is 0.242 e. The van der Waals surface area contributed by atoms with Crippen LogP contribution in [0.25, 0.3) is 0 Å². The van der Waals surface area contributed by atoms with Crippen molar-refractivity contribution in [3.8, 4) is 0 Å². The average molecular weight is 417 g/mol. The molecule has 2 N–H and O–H groups in total. The van der Waals surface area contributed by atoms with Crippen LogP contribution in [-0.4, -0.2) is 50.4 Å². The van der Waals surface area contributed by atoms with Gasteiger partial charge >= 0.3 is 0 Å². The minimum Gasteiger partial charge on any atom is -0.354 e. The van der Waals surface area contributed by atoms with Gasteiger partial charge in [-0.15, -0.1) is 0 Å². The molecule has 2 heterocycles. The highest BCUT2D eigenvalue weighted by atomic mass is 32.2. The second-order valence-electron chi connectivity index (χ2n) is 7.29. The summed E-state index contributed by atoms with van der Waals surface area (Å²) in [5.74, 6) is -0.0682. The Labute approximate surface area is 172 Å². The molecule has 0 saturated carbocycles. The fraction of sp³-hybridized carbons (Fsp3) is 0.429. The monoisotopic (exact) mass is 416 g/mol. The van der Waals surface area contributed by atoms with Gasteiger partial charge < -0.3 is 5.32 Å². The summed E-state index contributed by atoms with van der Waals surface area (Å²) in [7, 11) is -3.53. The first kappa shape index (κ1) is 21.4. The van der Waals surface area contributed by atoms with Gasteiger partial charge in [0.2, 0.25) is 15.9 Å². The molecule has 0 aliphatic carbocycles. The van der Waals surface area contributed by atoms with E-state index in [2.05, 4.69) is 19.9 Å².